The summed E-state index contributed by atoms with van der Waals surface area (Å²) < 4.78 is 22.0. The average Bonchev–Trinajstić information content (AvgIpc) is 2.82. The molecule has 1 unspecified atom stereocenters. The van der Waals surface area contributed by atoms with E-state index in [9.17, 15) is 13.2 Å². The van der Waals surface area contributed by atoms with Crippen molar-refractivity contribution in [3.8, 4) is 6.07 Å². The van der Waals surface area contributed by atoms with Gasteiger partial charge in [-0.3, -0.25) is 4.79 Å². The highest BCUT2D eigenvalue weighted by Gasteiger charge is 2.39. The molecule has 1 amide bonds. The second kappa shape index (κ2) is 3.89. The molecule has 1 aromatic carbocycles. The van der Waals surface area contributed by atoms with Crippen LogP contribution in [0.25, 0.3) is 0 Å². The molecular formula is C10H5N5O3S. The van der Waals surface area contributed by atoms with Crippen LogP contribution in [-0.2, 0) is 10.3 Å². The zero-order valence-electron chi connectivity index (χ0n) is 9.23. The monoisotopic (exact) mass is 275 g/mol. The minimum Gasteiger partial charge on any atom is -0.324 e. The first-order valence-corrected chi connectivity index (χ1v) is 6.21. The van der Waals surface area contributed by atoms with E-state index >= 15 is 0 Å². The van der Waals surface area contributed by atoms with E-state index in [1.807, 2.05) is 6.07 Å². The standard InChI is InChI=1S/C10H5N5O3S/c11-4-5-1-2-6-7(3-5)15-8(12-9(6)16)10(13-14-15)19(17)18/h1-3,8H,(H,12,16). The molecule has 0 spiro atoms. The molecule has 1 aromatic rings. The molecule has 1 N–H and O–H groups in total. The molecule has 2 aliphatic rings. The third kappa shape index (κ3) is 1.58. The lowest BCUT2D eigenvalue weighted by Gasteiger charge is -2.28. The van der Waals surface area contributed by atoms with Crippen LogP contribution in [0.15, 0.2) is 28.5 Å². The summed E-state index contributed by atoms with van der Waals surface area (Å²) in [5, 5.41) is 19.9. The molecule has 0 saturated heterocycles. The first-order valence-electron chi connectivity index (χ1n) is 5.14. The number of carbonyl (C=O) groups excluding carboxylic acids is 1. The molecule has 3 rings (SSSR count). The van der Waals surface area contributed by atoms with Crippen LogP contribution in [-0.4, -0.2) is 25.5 Å². The maximum atomic E-state index is 11.9. The Hall–Kier alpha value is -2.73. The lowest BCUT2D eigenvalue weighted by atomic mass is 10.1. The SMILES string of the molecule is N#Cc1ccc2c(c1)N1N=NC(=S(=O)=O)C1NC2=O. The van der Waals surface area contributed by atoms with Crippen LogP contribution in [0.4, 0.5) is 5.69 Å². The van der Waals surface area contributed by atoms with E-state index in [4.69, 9.17) is 5.26 Å². The van der Waals surface area contributed by atoms with E-state index in [1.165, 1.54) is 23.2 Å². The summed E-state index contributed by atoms with van der Waals surface area (Å²) in [7, 11) is -2.57. The van der Waals surface area contributed by atoms with Crippen molar-refractivity contribution in [2.75, 3.05) is 5.01 Å². The highest BCUT2D eigenvalue weighted by atomic mass is 32.2. The van der Waals surface area contributed by atoms with Crippen molar-refractivity contribution in [1.29, 1.82) is 5.26 Å². The van der Waals surface area contributed by atoms with Gasteiger partial charge in [0.25, 0.3) is 5.91 Å². The maximum absolute atomic E-state index is 11.9. The number of nitrogens with one attached hydrogen (secondary N) is 1. The van der Waals surface area contributed by atoms with E-state index in [1.54, 1.807) is 0 Å². The summed E-state index contributed by atoms with van der Waals surface area (Å²) in [5.74, 6) is -0.434. The average molecular weight is 275 g/mol. The largest absolute Gasteiger partial charge is 0.324 e. The van der Waals surface area contributed by atoms with Crippen LogP contribution in [0.2, 0.25) is 0 Å². The lowest BCUT2D eigenvalue weighted by Crippen LogP contribution is -2.52. The van der Waals surface area contributed by atoms with Crippen molar-refractivity contribution in [3.05, 3.63) is 29.3 Å². The Morgan fingerprint density at radius 2 is 2.21 bits per heavy atom. The van der Waals surface area contributed by atoms with Crippen molar-refractivity contribution in [2.45, 2.75) is 6.17 Å². The van der Waals surface area contributed by atoms with E-state index in [0.717, 1.165) is 0 Å². The van der Waals surface area contributed by atoms with Crippen LogP contribution in [0, 0.1) is 11.3 Å². The van der Waals surface area contributed by atoms with Gasteiger partial charge in [0.05, 0.1) is 22.9 Å². The lowest BCUT2D eigenvalue weighted by molar-refractivity contribution is 0.0940. The summed E-state index contributed by atoms with van der Waals surface area (Å²) in [5.41, 5.74) is 1.02. The summed E-state index contributed by atoms with van der Waals surface area (Å²) in [6.45, 7) is 0. The number of anilines is 1. The molecular weight excluding hydrogens is 270 g/mol. The molecule has 8 nitrogen and oxygen atoms in total. The second-order valence-corrected chi connectivity index (χ2v) is 4.71. The zero-order valence-corrected chi connectivity index (χ0v) is 10.0. The molecule has 94 valence electrons. The topological polar surface area (TPSA) is 115 Å². The van der Waals surface area contributed by atoms with Crippen molar-refractivity contribution in [2.24, 2.45) is 10.3 Å². The Labute approximate surface area is 108 Å². The first kappa shape index (κ1) is 11.4. The highest BCUT2D eigenvalue weighted by Crippen LogP contribution is 2.30. The smallest absolute Gasteiger partial charge is 0.255 e. The predicted octanol–water partition coefficient (Wildman–Crippen LogP) is -0.176. The number of benzene rings is 1. The van der Waals surface area contributed by atoms with Gasteiger partial charge in [-0.15, -0.1) is 5.11 Å². The molecule has 0 aliphatic carbocycles. The van der Waals surface area contributed by atoms with Gasteiger partial charge in [0.1, 0.15) is 0 Å². The third-order valence-electron chi connectivity index (χ3n) is 2.77. The molecule has 19 heavy (non-hydrogen) atoms. The van der Waals surface area contributed by atoms with Gasteiger partial charge in [0, 0.05) is 0 Å². The summed E-state index contributed by atoms with van der Waals surface area (Å²) in [6, 6.07) is 6.41. The molecule has 0 saturated carbocycles. The van der Waals surface area contributed by atoms with E-state index in [2.05, 4.69) is 15.7 Å². The summed E-state index contributed by atoms with van der Waals surface area (Å²) in [6.07, 6.45) is -0.952. The Morgan fingerprint density at radius 3 is 2.89 bits per heavy atom. The molecule has 1 atom stereocenters. The number of hydrogen-bond acceptors (Lipinski definition) is 6. The zero-order chi connectivity index (χ0) is 13.6. The van der Waals surface area contributed by atoms with Crippen LogP contribution >= 0.6 is 0 Å². The van der Waals surface area contributed by atoms with Crippen molar-refractivity contribution < 1.29 is 13.2 Å². The maximum Gasteiger partial charge on any atom is 0.255 e. The van der Waals surface area contributed by atoms with Crippen LogP contribution in [0.1, 0.15) is 15.9 Å². The molecule has 9 heteroatoms. The Morgan fingerprint density at radius 1 is 1.42 bits per heavy atom. The Balaban J connectivity index is 2.21. The highest BCUT2D eigenvalue weighted by molar-refractivity contribution is 7.73. The molecule has 0 fully saturated rings. The number of hydrogen-bond donors (Lipinski definition) is 1. The van der Waals surface area contributed by atoms with E-state index < -0.39 is 22.4 Å². The van der Waals surface area contributed by atoms with Gasteiger partial charge in [-0.1, -0.05) is 5.22 Å². The molecule has 0 bridgehead atoms. The van der Waals surface area contributed by atoms with Gasteiger partial charge in [-0.05, 0) is 18.2 Å². The van der Waals surface area contributed by atoms with Gasteiger partial charge in [0.2, 0.25) is 15.3 Å². The van der Waals surface area contributed by atoms with Crippen LogP contribution in [0.5, 0.6) is 0 Å². The number of nitriles is 1. The fourth-order valence-electron chi connectivity index (χ4n) is 1.92. The predicted molar refractivity (Wildman–Crippen MR) is 63.7 cm³/mol. The fourth-order valence-corrected chi connectivity index (χ4v) is 2.37. The Bertz CT molecular complexity index is 797. The summed E-state index contributed by atoms with van der Waals surface area (Å²) >= 11 is 0. The number of rotatable bonds is 0. The quantitative estimate of drug-likeness (QED) is 0.660. The molecule has 0 aromatic heterocycles. The van der Waals surface area contributed by atoms with Gasteiger partial charge >= 0.3 is 0 Å². The van der Waals surface area contributed by atoms with Crippen molar-refractivity contribution in [1.82, 2.24) is 5.32 Å². The fraction of sp³-hybridized carbons (Fsp3) is 0.100. The molecule has 0 radical (unpaired) electrons. The van der Waals surface area contributed by atoms with Gasteiger partial charge in [-0.2, -0.15) is 13.7 Å². The minimum atomic E-state index is -2.57. The van der Waals surface area contributed by atoms with E-state index in [-0.39, 0.29) is 4.99 Å². The van der Waals surface area contributed by atoms with Gasteiger partial charge in [-0.25, -0.2) is 5.01 Å². The Kier molecular flexibility index (Phi) is 2.33. The van der Waals surface area contributed by atoms with Gasteiger partial charge < -0.3 is 5.32 Å². The van der Waals surface area contributed by atoms with E-state index in [0.29, 0.717) is 16.8 Å². The molecule has 2 heterocycles. The normalized spacial score (nSPS) is 19.5. The number of amides is 1. The van der Waals surface area contributed by atoms with Crippen LogP contribution in [0.3, 0.4) is 0 Å². The minimum absolute atomic E-state index is 0.263. The number of carbonyl (C=O) groups is 1. The third-order valence-corrected chi connectivity index (χ3v) is 3.42. The van der Waals surface area contributed by atoms with Gasteiger partial charge in [0.15, 0.2) is 6.17 Å². The molecule has 2 aliphatic heterocycles. The van der Waals surface area contributed by atoms with Crippen molar-refractivity contribution >= 4 is 26.9 Å². The number of nitrogens with zero attached hydrogens (tertiary/aromatic N) is 4. The van der Waals surface area contributed by atoms with Crippen LogP contribution < -0.4 is 10.3 Å². The van der Waals surface area contributed by atoms with Crippen molar-refractivity contribution in [3.63, 3.8) is 0 Å². The first-order chi connectivity index (χ1) is 9.11. The second-order valence-electron chi connectivity index (χ2n) is 3.83. The summed E-state index contributed by atoms with van der Waals surface area (Å²) in [4.78, 5) is 11.6. The number of fused-ring (bicyclic) bond motifs is 3.